The SMILES string of the molecule is O=C/C=C/c1ccc2c(c1)OC(CO)C(c1ccc(O)c(O)c1)O2. The topological polar surface area (TPSA) is 96.2 Å². The zero-order chi connectivity index (χ0) is 17.1. The Kier molecular flexibility index (Phi) is 4.39. The van der Waals surface area contributed by atoms with E-state index in [-0.39, 0.29) is 18.1 Å². The number of rotatable bonds is 4. The summed E-state index contributed by atoms with van der Waals surface area (Å²) in [4.78, 5) is 10.4. The molecule has 0 bridgehead atoms. The van der Waals surface area contributed by atoms with Gasteiger partial charge < -0.3 is 24.8 Å². The molecule has 6 heteroatoms. The third-order valence-corrected chi connectivity index (χ3v) is 3.71. The zero-order valence-corrected chi connectivity index (χ0v) is 12.6. The molecule has 24 heavy (non-hydrogen) atoms. The molecule has 0 aromatic heterocycles. The van der Waals surface area contributed by atoms with Gasteiger partial charge in [-0.05, 0) is 35.9 Å². The second-order valence-corrected chi connectivity index (χ2v) is 5.33. The van der Waals surface area contributed by atoms with E-state index in [9.17, 15) is 20.1 Å². The van der Waals surface area contributed by atoms with Gasteiger partial charge in [-0.1, -0.05) is 18.2 Å². The highest BCUT2D eigenvalue weighted by atomic mass is 16.6. The number of allylic oxidation sites excluding steroid dienone is 1. The standard InChI is InChI=1S/C18H16O6/c19-7-1-2-11-3-6-15-16(8-11)23-17(10-20)18(24-15)12-4-5-13(21)14(22)9-12/h1-9,17-18,20-22H,10H2/b2-1+. The molecule has 2 aromatic carbocycles. The average molecular weight is 328 g/mol. The van der Waals surface area contributed by atoms with Crippen LogP contribution in [-0.4, -0.2) is 34.3 Å². The molecule has 1 aliphatic rings. The Bertz CT molecular complexity index is 783. The minimum atomic E-state index is -0.674. The van der Waals surface area contributed by atoms with E-state index >= 15 is 0 Å². The summed E-state index contributed by atoms with van der Waals surface area (Å²) in [6.45, 7) is -0.292. The summed E-state index contributed by atoms with van der Waals surface area (Å²) in [5.41, 5.74) is 1.33. The number of aliphatic hydroxyl groups excluding tert-OH is 1. The van der Waals surface area contributed by atoms with E-state index in [2.05, 4.69) is 0 Å². The van der Waals surface area contributed by atoms with E-state index in [1.54, 1.807) is 30.3 Å². The lowest BCUT2D eigenvalue weighted by Gasteiger charge is -2.33. The van der Waals surface area contributed by atoms with Crippen molar-refractivity contribution in [3.63, 3.8) is 0 Å². The van der Waals surface area contributed by atoms with Crippen LogP contribution >= 0.6 is 0 Å². The number of aliphatic hydroxyl groups is 1. The van der Waals surface area contributed by atoms with Gasteiger partial charge in [0.05, 0.1) is 6.61 Å². The largest absolute Gasteiger partial charge is 0.504 e. The normalized spacial score (nSPS) is 19.4. The lowest BCUT2D eigenvalue weighted by atomic mass is 10.0. The van der Waals surface area contributed by atoms with Crippen LogP contribution in [0.4, 0.5) is 0 Å². The van der Waals surface area contributed by atoms with E-state index < -0.39 is 12.2 Å². The highest BCUT2D eigenvalue weighted by Crippen LogP contribution is 2.41. The lowest BCUT2D eigenvalue weighted by molar-refractivity contribution is -0.104. The summed E-state index contributed by atoms with van der Waals surface area (Å²) >= 11 is 0. The third-order valence-electron chi connectivity index (χ3n) is 3.71. The van der Waals surface area contributed by atoms with Gasteiger partial charge in [-0.25, -0.2) is 0 Å². The second kappa shape index (κ2) is 6.64. The van der Waals surface area contributed by atoms with E-state index in [1.807, 2.05) is 0 Å². The van der Waals surface area contributed by atoms with Crippen molar-refractivity contribution in [2.24, 2.45) is 0 Å². The maximum atomic E-state index is 10.4. The van der Waals surface area contributed by atoms with Crippen LogP contribution in [0.1, 0.15) is 17.2 Å². The molecule has 2 aromatic rings. The molecule has 0 amide bonds. The molecule has 0 saturated carbocycles. The number of aldehydes is 1. The smallest absolute Gasteiger partial charge is 0.163 e. The van der Waals surface area contributed by atoms with Gasteiger partial charge in [-0.15, -0.1) is 0 Å². The molecule has 2 unspecified atom stereocenters. The molecule has 1 aliphatic heterocycles. The van der Waals surface area contributed by atoms with Gasteiger partial charge in [0.15, 0.2) is 35.2 Å². The average Bonchev–Trinajstić information content (AvgIpc) is 2.61. The number of phenolic OH excluding ortho intramolecular Hbond substituents is 2. The van der Waals surface area contributed by atoms with Gasteiger partial charge in [-0.2, -0.15) is 0 Å². The molecule has 2 atom stereocenters. The van der Waals surface area contributed by atoms with Crippen molar-refractivity contribution in [1.82, 2.24) is 0 Å². The van der Waals surface area contributed by atoms with E-state index in [1.165, 1.54) is 18.2 Å². The van der Waals surface area contributed by atoms with Crippen LogP contribution in [0.25, 0.3) is 6.08 Å². The Morgan fingerprint density at radius 2 is 1.83 bits per heavy atom. The number of fused-ring (bicyclic) bond motifs is 1. The van der Waals surface area contributed by atoms with Crippen molar-refractivity contribution < 1.29 is 29.6 Å². The van der Waals surface area contributed by atoms with Crippen LogP contribution in [0.3, 0.4) is 0 Å². The third kappa shape index (κ3) is 3.04. The predicted molar refractivity (Wildman–Crippen MR) is 86.2 cm³/mol. The molecule has 6 nitrogen and oxygen atoms in total. The summed E-state index contributed by atoms with van der Waals surface area (Å²) in [6.07, 6.45) is 2.38. The number of phenols is 2. The summed E-state index contributed by atoms with van der Waals surface area (Å²) in [6, 6.07) is 9.51. The molecule has 3 rings (SSSR count). The minimum Gasteiger partial charge on any atom is -0.504 e. The number of ether oxygens (including phenoxy) is 2. The van der Waals surface area contributed by atoms with E-state index in [4.69, 9.17) is 9.47 Å². The van der Waals surface area contributed by atoms with Gasteiger partial charge in [-0.3, -0.25) is 4.79 Å². The van der Waals surface area contributed by atoms with Crippen LogP contribution < -0.4 is 9.47 Å². The summed E-state index contributed by atoms with van der Waals surface area (Å²) in [7, 11) is 0. The maximum absolute atomic E-state index is 10.4. The van der Waals surface area contributed by atoms with Gasteiger partial charge >= 0.3 is 0 Å². The van der Waals surface area contributed by atoms with Gasteiger partial charge in [0.1, 0.15) is 6.29 Å². The lowest BCUT2D eigenvalue weighted by Crippen LogP contribution is -2.36. The molecule has 124 valence electrons. The Balaban J connectivity index is 1.93. The molecule has 0 fully saturated rings. The van der Waals surface area contributed by atoms with Gasteiger partial charge in [0, 0.05) is 5.56 Å². The van der Waals surface area contributed by atoms with Crippen molar-refractivity contribution in [2.75, 3.05) is 6.61 Å². The highest BCUT2D eigenvalue weighted by Gasteiger charge is 2.33. The fraction of sp³-hybridized carbons (Fsp3) is 0.167. The molecule has 3 N–H and O–H groups in total. The Morgan fingerprint density at radius 3 is 2.54 bits per heavy atom. The first-order valence-electron chi connectivity index (χ1n) is 7.34. The first-order valence-corrected chi connectivity index (χ1v) is 7.34. The Hall–Kier alpha value is -2.99. The summed E-state index contributed by atoms with van der Waals surface area (Å²) in [5, 5.41) is 28.7. The van der Waals surface area contributed by atoms with E-state index in [0.29, 0.717) is 23.3 Å². The number of hydrogen-bond donors (Lipinski definition) is 3. The quantitative estimate of drug-likeness (QED) is 0.452. The van der Waals surface area contributed by atoms with Crippen molar-refractivity contribution in [3.05, 3.63) is 53.6 Å². The zero-order valence-electron chi connectivity index (χ0n) is 12.6. The molecule has 0 radical (unpaired) electrons. The van der Waals surface area contributed by atoms with Crippen molar-refractivity contribution >= 4 is 12.4 Å². The van der Waals surface area contributed by atoms with Crippen molar-refractivity contribution in [3.8, 4) is 23.0 Å². The molecular formula is C18H16O6. The first-order chi connectivity index (χ1) is 11.6. The van der Waals surface area contributed by atoms with Crippen LogP contribution in [0.15, 0.2) is 42.5 Å². The molecular weight excluding hydrogens is 312 g/mol. The fourth-order valence-corrected chi connectivity index (χ4v) is 2.54. The van der Waals surface area contributed by atoms with Gasteiger partial charge in [0.25, 0.3) is 0 Å². The minimum absolute atomic E-state index is 0.233. The highest BCUT2D eigenvalue weighted by molar-refractivity contribution is 5.74. The second-order valence-electron chi connectivity index (χ2n) is 5.33. The van der Waals surface area contributed by atoms with Gasteiger partial charge in [0.2, 0.25) is 0 Å². The number of carbonyl (C=O) groups is 1. The number of aromatic hydroxyl groups is 2. The van der Waals surface area contributed by atoms with Crippen LogP contribution in [0.5, 0.6) is 23.0 Å². The molecule has 1 heterocycles. The summed E-state index contributed by atoms with van der Waals surface area (Å²) in [5.74, 6) is 0.442. The predicted octanol–water partition coefficient (Wildman–Crippen LogP) is 2.18. The molecule has 0 aliphatic carbocycles. The number of carbonyl (C=O) groups excluding carboxylic acids is 1. The maximum Gasteiger partial charge on any atom is 0.163 e. The van der Waals surface area contributed by atoms with Crippen molar-refractivity contribution in [1.29, 1.82) is 0 Å². The van der Waals surface area contributed by atoms with Crippen LogP contribution in [-0.2, 0) is 4.79 Å². The number of hydrogen-bond acceptors (Lipinski definition) is 6. The molecule has 0 saturated heterocycles. The van der Waals surface area contributed by atoms with Crippen LogP contribution in [0.2, 0.25) is 0 Å². The Labute approximate surface area is 138 Å². The molecule has 0 spiro atoms. The first kappa shape index (κ1) is 15.9. The Morgan fingerprint density at radius 1 is 1.00 bits per heavy atom. The van der Waals surface area contributed by atoms with Crippen LogP contribution in [0, 0.1) is 0 Å². The fourth-order valence-electron chi connectivity index (χ4n) is 2.54. The van der Waals surface area contributed by atoms with E-state index in [0.717, 1.165) is 5.56 Å². The summed E-state index contributed by atoms with van der Waals surface area (Å²) < 4.78 is 11.7. The van der Waals surface area contributed by atoms with Crippen molar-refractivity contribution in [2.45, 2.75) is 12.2 Å². The monoisotopic (exact) mass is 328 g/mol. The number of benzene rings is 2.